The van der Waals surface area contributed by atoms with Crippen molar-refractivity contribution >= 4 is 5.97 Å². The fourth-order valence-electron chi connectivity index (χ4n) is 2.34. The number of nitrogens with zero attached hydrogens (tertiary/aromatic N) is 1. The lowest BCUT2D eigenvalue weighted by Gasteiger charge is -2.33. The van der Waals surface area contributed by atoms with Crippen LogP contribution >= 0.6 is 0 Å². The van der Waals surface area contributed by atoms with E-state index in [0.717, 1.165) is 25.2 Å². The highest BCUT2D eigenvalue weighted by Crippen LogP contribution is 2.18. The lowest BCUT2D eigenvalue weighted by Crippen LogP contribution is -2.46. The minimum Gasteiger partial charge on any atom is -0.465 e. The highest BCUT2D eigenvalue weighted by molar-refractivity contribution is 5.89. The van der Waals surface area contributed by atoms with Gasteiger partial charge in [0.15, 0.2) is 0 Å². The van der Waals surface area contributed by atoms with Crippen LogP contribution in [0.1, 0.15) is 22.0 Å². The van der Waals surface area contributed by atoms with Crippen molar-refractivity contribution in [3.63, 3.8) is 0 Å². The molecule has 1 saturated heterocycles. The molecule has 1 heterocycles. The molecule has 1 aliphatic heterocycles. The summed E-state index contributed by atoms with van der Waals surface area (Å²) in [6, 6.07) is 7.32. The first-order chi connectivity index (χ1) is 10.2. The Morgan fingerprint density at radius 3 is 2.85 bits per heavy atom. The van der Waals surface area contributed by atoms with Crippen molar-refractivity contribution in [1.82, 2.24) is 10.2 Å². The Bertz CT molecular complexity index is 464. The topological polar surface area (TPSA) is 50.8 Å². The molecule has 1 aromatic rings. The molecule has 1 N–H and O–H groups in total. The van der Waals surface area contributed by atoms with Gasteiger partial charge >= 0.3 is 5.97 Å². The van der Waals surface area contributed by atoms with Crippen LogP contribution in [-0.2, 0) is 9.47 Å². The van der Waals surface area contributed by atoms with E-state index >= 15 is 0 Å². The Morgan fingerprint density at radius 2 is 2.20 bits per heavy atom. The average molecular weight is 279 g/mol. The molecule has 1 aromatic carbocycles. The van der Waals surface area contributed by atoms with Gasteiger partial charge < -0.3 is 14.8 Å². The van der Waals surface area contributed by atoms with Gasteiger partial charge in [-0.1, -0.05) is 12.1 Å². The number of hydrogen-bond donors (Lipinski definition) is 1. The number of esters is 1. The molecule has 0 aromatic heterocycles. The molecule has 5 heteroatoms. The first-order valence-corrected chi connectivity index (χ1v) is 6.80. The second kappa shape index (κ2) is 7.38. The van der Waals surface area contributed by atoms with Crippen molar-refractivity contribution in [1.29, 1.82) is 0 Å². The summed E-state index contributed by atoms with van der Waals surface area (Å²) in [6.45, 7) is 3.95. The van der Waals surface area contributed by atoms with Crippen LogP contribution in [-0.4, -0.2) is 57.9 Å². The molecule has 1 unspecified atom stereocenters. The van der Waals surface area contributed by atoms with E-state index in [1.54, 1.807) is 24.6 Å². The van der Waals surface area contributed by atoms with E-state index in [4.69, 9.17) is 10.9 Å². The lowest BCUT2D eigenvalue weighted by atomic mass is 10.0. The number of nitrogens with one attached hydrogen (secondary N) is 1. The predicted molar refractivity (Wildman–Crippen MR) is 76.8 cm³/mol. The third-order valence-corrected chi connectivity index (χ3v) is 3.53. The number of carbonyl (C=O) groups is 1. The molecule has 0 saturated carbocycles. The number of benzene rings is 1. The van der Waals surface area contributed by atoms with Crippen LogP contribution in [0.3, 0.4) is 0 Å². The van der Waals surface area contributed by atoms with Crippen molar-refractivity contribution in [2.45, 2.75) is 6.04 Å². The molecule has 0 radical (unpaired) electrons. The molecular formula is C15H22N2O3. The highest BCUT2D eigenvalue weighted by Gasteiger charge is 2.20. The Kier molecular flexibility index (Phi) is 5.00. The summed E-state index contributed by atoms with van der Waals surface area (Å²) in [4.78, 5) is 13.7. The van der Waals surface area contributed by atoms with E-state index in [0.29, 0.717) is 18.7 Å². The zero-order chi connectivity index (χ0) is 15.2. The Balaban J connectivity index is 2.06. The minimum absolute atomic E-state index is 0.0160. The van der Waals surface area contributed by atoms with Crippen molar-refractivity contribution in [2.75, 3.05) is 47.0 Å². The van der Waals surface area contributed by atoms with Gasteiger partial charge in [0.05, 0.1) is 19.3 Å². The van der Waals surface area contributed by atoms with Gasteiger partial charge in [0, 0.05) is 39.3 Å². The van der Waals surface area contributed by atoms with Gasteiger partial charge in [0.25, 0.3) is 0 Å². The standard InChI is InChI=1S/C15H22N2O3/c1-19-10-9-17-8-7-16-14(11-17)12-3-5-13(6-4-12)15(18)20-2/h3-6,14,16H,7-11H2,1-2H3/i/hD. The van der Waals surface area contributed by atoms with Gasteiger partial charge in [-0.2, -0.15) is 0 Å². The Labute approximate surface area is 121 Å². The highest BCUT2D eigenvalue weighted by atomic mass is 16.5. The van der Waals surface area contributed by atoms with E-state index in [2.05, 4.69) is 4.90 Å². The molecule has 0 amide bonds. The maximum absolute atomic E-state index is 11.4. The van der Waals surface area contributed by atoms with E-state index in [9.17, 15) is 4.79 Å². The van der Waals surface area contributed by atoms with E-state index < -0.39 is 0 Å². The molecule has 1 fully saturated rings. The number of methoxy groups -OCH3 is 2. The van der Waals surface area contributed by atoms with E-state index in [1.165, 1.54) is 7.11 Å². The van der Waals surface area contributed by atoms with Crippen molar-refractivity contribution in [2.24, 2.45) is 0 Å². The number of ether oxygens (including phenoxy) is 2. The summed E-state index contributed by atoms with van der Waals surface area (Å²) in [5.41, 5.74) is 1.57. The zero-order valence-electron chi connectivity index (χ0n) is 13.0. The number of piperazine rings is 1. The molecule has 0 spiro atoms. The SMILES string of the molecule is [2H]N1CCN(CCOC)CC1c1ccc(C(=O)OC)cc1. The van der Waals surface area contributed by atoms with Crippen LogP contribution in [0.4, 0.5) is 0 Å². The van der Waals surface area contributed by atoms with Gasteiger partial charge in [-0.15, -0.1) is 0 Å². The maximum atomic E-state index is 11.4. The minimum atomic E-state index is -0.338. The molecule has 1 aliphatic rings. The second-order valence-electron chi connectivity index (χ2n) is 4.83. The summed E-state index contributed by atoms with van der Waals surface area (Å²) >= 11 is 0. The first-order valence-electron chi connectivity index (χ1n) is 7.25. The largest absolute Gasteiger partial charge is 0.465 e. The maximum Gasteiger partial charge on any atom is 0.337 e. The van der Waals surface area contributed by atoms with Crippen molar-refractivity contribution in [3.8, 4) is 0 Å². The molecule has 5 nitrogen and oxygen atoms in total. The molecule has 110 valence electrons. The van der Waals surface area contributed by atoms with E-state index in [-0.39, 0.29) is 12.0 Å². The quantitative estimate of drug-likeness (QED) is 0.817. The molecule has 2 rings (SSSR count). The number of hydrogen-bond acceptors (Lipinski definition) is 5. The number of carbonyl (C=O) groups excluding carboxylic acids is 1. The molecule has 0 aliphatic carbocycles. The van der Waals surface area contributed by atoms with Crippen molar-refractivity contribution < 1.29 is 15.7 Å². The monoisotopic (exact) mass is 279 g/mol. The molecular weight excluding hydrogens is 256 g/mol. The summed E-state index contributed by atoms with van der Waals surface area (Å²) < 4.78 is 17.9. The smallest absolute Gasteiger partial charge is 0.337 e. The van der Waals surface area contributed by atoms with Gasteiger partial charge in [-0.25, -0.2) is 4.79 Å². The van der Waals surface area contributed by atoms with Gasteiger partial charge in [-0.05, 0) is 17.7 Å². The Morgan fingerprint density at radius 1 is 1.45 bits per heavy atom. The van der Waals surface area contributed by atoms with Crippen molar-refractivity contribution in [3.05, 3.63) is 35.4 Å². The molecule has 0 bridgehead atoms. The normalized spacial score (nSPS) is 21.5. The Hall–Kier alpha value is -1.43. The van der Waals surface area contributed by atoms with Gasteiger partial charge in [0.2, 0.25) is 0 Å². The van der Waals surface area contributed by atoms with Gasteiger partial charge in [-0.3, -0.25) is 4.90 Å². The summed E-state index contributed by atoms with van der Waals surface area (Å²) in [6.07, 6.45) is 0. The fraction of sp³-hybridized carbons (Fsp3) is 0.533. The predicted octanol–water partition coefficient (Wildman–Crippen LogP) is 1.07. The number of rotatable bonds is 5. The van der Waals surface area contributed by atoms with Gasteiger partial charge in [0.1, 0.15) is 1.41 Å². The lowest BCUT2D eigenvalue weighted by molar-refractivity contribution is 0.0600. The van der Waals surface area contributed by atoms with Crippen LogP contribution in [0.25, 0.3) is 0 Å². The second-order valence-corrected chi connectivity index (χ2v) is 4.83. The van der Waals surface area contributed by atoms with Crippen LogP contribution in [0.5, 0.6) is 0 Å². The summed E-state index contributed by atoms with van der Waals surface area (Å²) in [5, 5.41) is 1.61. The van der Waals surface area contributed by atoms with Crippen LogP contribution in [0.15, 0.2) is 24.3 Å². The average Bonchev–Trinajstić information content (AvgIpc) is 2.53. The van der Waals surface area contributed by atoms with Crippen LogP contribution in [0, 0.1) is 0 Å². The van der Waals surface area contributed by atoms with Crippen LogP contribution in [0.2, 0.25) is 1.41 Å². The molecule has 1 atom stereocenters. The molecule has 20 heavy (non-hydrogen) atoms. The summed E-state index contributed by atoms with van der Waals surface area (Å²) in [7, 11) is 3.07. The first kappa shape index (κ1) is 13.5. The zero-order valence-corrected chi connectivity index (χ0v) is 12.0. The third kappa shape index (κ3) is 3.79. The van der Waals surface area contributed by atoms with E-state index in [1.807, 2.05) is 12.1 Å². The van der Waals surface area contributed by atoms with Crippen LogP contribution < -0.4 is 5.31 Å². The summed E-state index contributed by atoms with van der Waals surface area (Å²) in [5.74, 6) is -0.338. The third-order valence-electron chi connectivity index (χ3n) is 3.53. The fourth-order valence-corrected chi connectivity index (χ4v) is 2.34.